The predicted octanol–water partition coefficient (Wildman–Crippen LogP) is 14.2. The van der Waals surface area contributed by atoms with Gasteiger partial charge in [-0.25, -0.2) is 0 Å². The molecule has 0 aliphatic heterocycles. The topological polar surface area (TPSA) is 9.23 Å². The molecule has 7 rings (SSSR count). The molecule has 0 N–H and O–H groups in total. The molecular formula is C49H56O. The van der Waals surface area contributed by atoms with E-state index in [9.17, 15) is 0 Å². The highest BCUT2D eigenvalue weighted by Gasteiger charge is 2.44. The van der Waals surface area contributed by atoms with E-state index in [2.05, 4.69) is 159 Å². The van der Waals surface area contributed by atoms with E-state index in [1.165, 1.54) is 55.6 Å². The summed E-state index contributed by atoms with van der Waals surface area (Å²) < 4.78 is 5.71. The first kappa shape index (κ1) is 37.9. The van der Waals surface area contributed by atoms with Crippen molar-refractivity contribution < 1.29 is 4.74 Å². The monoisotopic (exact) mass is 660 g/mol. The summed E-state index contributed by atoms with van der Waals surface area (Å²) in [7, 11) is 0. The van der Waals surface area contributed by atoms with Gasteiger partial charge in [0.15, 0.2) is 0 Å². The van der Waals surface area contributed by atoms with Gasteiger partial charge in [0.05, 0.1) is 0 Å². The van der Waals surface area contributed by atoms with E-state index in [-0.39, 0.29) is 12.8 Å². The first-order valence-corrected chi connectivity index (χ1v) is 17.5. The Kier molecular flexibility index (Phi) is 12.7. The first-order valence-electron chi connectivity index (χ1n) is 17.5. The summed E-state index contributed by atoms with van der Waals surface area (Å²) in [6.07, 6.45) is 0. The Hall–Kier alpha value is -4.88. The van der Waals surface area contributed by atoms with Crippen LogP contribution in [0.15, 0.2) is 140 Å². The Morgan fingerprint density at radius 2 is 0.980 bits per heavy atom. The van der Waals surface area contributed by atoms with Gasteiger partial charge in [-0.2, -0.15) is 0 Å². The maximum atomic E-state index is 5.71. The minimum Gasteiger partial charge on any atom is -0.457 e. The van der Waals surface area contributed by atoms with Crippen molar-refractivity contribution >= 4 is 0 Å². The number of benzene rings is 6. The van der Waals surface area contributed by atoms with E-state index in [1.54, 1.807) is 5.56 Å². The third-order valence-electron chi connectivity index (χ3n) is 9.93. The van der Waals surface area contributed by atoms with Crippen molar-refractivity contribution in [2.45, 2.75) is 87.0 Å². The molecule has 50 heavy (non-hydrogen) atoms. The zero-order valence-corrected chi connectivity index (χ0v) is 30.8. The van der Waals surface area contributed by atoms with Crippen LogP contribution in [-0.4, -0.2) is 0 Å². The van der Waals surface area contributed by atoms with Crippen molar-refractivity contribution in [3.63, 3.8) is 0 Å². The Morgan fingerprint density at radius 3 is 1.52 bits per heavy atom. The maximum Gasteiger partial charge on any atom is 0.127 e. The first-order chi connectivity index (χ1) is 23.4. The standard InChI is InChI=1S/C20H24.C14H14O.C14H14.CH4/c1-13-6-9-16(10-7-13)19-15(3)17-12-14(2)8-11-18(17)20(19,4)5;1-11-6-8-13(9-7-11)15-14-5-3-4-12(2)10-14;1-11-7-3-5-9-13(11)14-10-6-4-8-12(14)2;/h6-12,15,19H,1-5H3;3-10H,1-2H3;3-10H,1-2H3;1H4. The third-order valence-corrected chi connectivity index (χ3v) is 9.93. The maximum absolute atomic E-state index is 5.71. The average molecular weight is 661 g/mol. The smallest absolute Gasteiger partial charge is 0.127 e. The van der Waals surface area contributed by atoms with Gasteiger partial charge in [0.2, 0.25) is 0 Å². The van der Waals surface area contributed by atoms with Crippen molar-refractivity contribution in [1.29, 1.82) is 0 Å². The summed E-state index contributed by atoms with van der Waals surface area (Å²) in [4.78, 5) is 0. The van der Waals surface area contributed by atoms with Crippen LogP contribution in [0.25, 0.3) is 11.1 Å². The third kappa shape index (κ3) is 9.01. The van der Waals surface area contributed by atoms with E-state index in [0.717, 1.165) is 11.5 Å². The van der Waals surface area contributed by atoms with E-state index < -0.39 is 0 Å². The molecule has 258 valence electrons. The van der Waals surface area contributed by atoms with Gasteiger partial charge in [-0.05, 0) is 128 Å². The van der Waals surface area contributed by atoms with Crippen molar-refractivity contribution in [3.8, 4) is 22.6 Å². The minimum absolute atomic E-state index is 0. The molecule has 2 atom stereocenters. The number of rotatable bonds is 4. The lowest BCUT2D eigenvalue weighted by Gasteiger charge is -2.31. The second-order valence-electron chi connectivity index (χ2n) is 14.4. The van der Waals surface area contributed by atoms with Crippen LogP contribution in [0.4, 0.5) is 0 Å². The number of ether oxygens (including phenoxy) is 1. The molecule has 0 aromatic heterocycles. The van der Waals surface area contributed by atoms with Crippen LogP contribution in [0.1, 0.15) is 90.1 Å². The van der Waals surface area contributed by atoms with Crippen molar-refractivity contribution in [3.05, 3.63) is 190 Å². The Bertz CT molecular complexity index is 1930. The van der Waals surface area contributed by atoms with E-state index >= 15 is 0 Å². The SMILES string of the molecule is C.Cc1ccc(C2C(C)c3cc(C)ccc3C2(C)C)cc1.Cc1ccc(Oc2cccc(C)c2)cc1.Cc1ccccc1-c1ccccc1C. The summed E-state index contributed by atoms with van der Waals surface area (Å²) in [5, 5.41) is 0. The lowest BCUT2D eigenvalue weighted by Crippen LogP contribution is -2.23. The summed E-state index contributed by atoms with van der Waals surface area (Å²) in [6.45, 7) is 20.0. The van der Waals surface area contributed by atoms with Crippen LogP contribution < -0.4 is 4.74 Å². The lowest BCUT2D eigenvalue weighted by molar-refractivity contribution is 0.411. The van der Waals surface area contributed by atoms with E-state index in [1.807, 2.05) is 42.5 Å². The normalized spacial score (nSPS) is 15.3. The summed E-state index contributed by atoms with van der Waals surface area (Å²) in [5.74, 6) is 2.92. The Balaban J connectivity index is 0.000000170. The largest absolute Gasteiger partial charge is 0.457 e. The molecule has 0 saturated carbocycles. The second-order valence-corrected chi connectivity index (χ2v) is 14.4. The number of aryl methyl sites for hydroxylation is 6. The average Bonchev–Trinajstić information content (AvgIpc) is 3.27. The zero-order valence-electron chi connectivity index (χ0n) is 30.8. The summed E-state index contributed by atoms with van der Waals surface area (Å²) >= 11 is 0. The highest BCUT2D eigenvalue weighted by molar-refractivity contribution is 5.70. The lowest BCUT2D eigenvalue weighted by atomic mass is 9.72. The molecule has 2 unspecified atom stereocenters. The van der Waals surface area contributed by atoms with Crippen LogP contribution in [0.5, 0.6) is 11.5 Å². The van der Waals surface area contributed by atoms with Crippen LogP contribution >= 0.6 is 0 Å². The molecule has 1 aliphatic rings. The molecule has 6 aromatic rings. The quantitative estimate of drug-likeness (QED) is 0.183. The van der Waals surface area contributed by atoms with Crippen LogP contribution in [-0.2, 0) is 5.41 Å². The van der Waals surface area contributed by atoms with Crippen molar-refractivity contribution in [1.82, 2.24) is 0 Å². The van der Waals surface area contributed by atoms with Crippen molar-refractivity contribution in [2.24, 2.45) is 0 Å². The molecule has 1 nitrogen and oxygen atoms in total. The number of hydrogen-bond acceptors (Lipinski definition) is 1. The van der Waals surface area contributed by atoms with Crippen LogP contribution in [0.2, 0.25) is 0 Å². The van der Waals surface area contributed by atoms with Crippen LogP contribution in [0, 0.1) is 41.5 Å². The molecule has 6 aromatic carbocycles. The Morgan fingerprint density at radius 1 is 0.480 bits per heavy atom. The van der Waals surface area contributed by atoms with E-state index in [0.29, 0.717) is 11.8 Å². The summed E-state index contributed by atoms with van der Waals surface area (Å²) in [6, 6.07) is 49.2. The van der Waals surface area contributed by atoms with Gasteiger partial charge < -0.3 is 4.74 Å². The van der Waals surface area contributed by atoms with Gasteiger partial charge in [-0.15, -0.1) is 0 Å². The minimum atomic E-state index is 0. The van der Waals surface area contributed by atoms with Gasteiger partial charge >= 0.3 is 0 Å². The Labute approximate surface area is 303 Å². The fourth-order valence-electron chi connectivity index (χ4n) is 7.27. The highest BCUT2D eigenvalue weighted by atomic mass is 16.5. The van der Waals surface area contributed by atoms with Gasteiger partial charge in [0.1, 0.15) is 11.5 Å². The highest BCUT2D eigenvalue weighted by Crippen LogP contribution is 2.55. The molecule has 0 amide bonds. The molecule has 0 bridgehead atoms. The molecule has 0 fully saturated rings. The molecule has 0 saturated heterocycles. The molecular weight excluding hydrogens is 605 g/mol. The van der Waals surface area contributed by atoms with Gasteiger partial charge in [-0.1, -0.05) is 160 Å². The van der Waals surface area contributed by atoms with Crippen LogP contribution in [0.3, 0.4) is 0 Å². The molecule has 0 heterocycles. The summed E-state index contributed by atoms with van der Waals surface area (Å²) in [5.41, 5.74) is 15.3. The molecule has 0 radical (unpaired) electrons. The van der Waals surface area contributed by atoms with Gasteiger partial charge in [0.25, 0.3) is 0 Å². The molecule has 0 spiro atoms. The van der Waals surface area contributed by atoms with E-state index in [4.69, 9.17) is 4.74 Å². The second kappa shape index (κ2) is 16.7. The van der Waals surface area contributed by atoms with Gasteiger partial charge in [-0.3, -0.25) is 0 Å². The fraction of sp³-hybridized carbons (Fsp3) is 0.265. The molecule has 1 heteroatoms. The predicted molar refractivity (Wildman–Crippen MR) is 217 cm³/mol. The number of hydrogen-bond donors (Lipinski definition) is 0. The fourth-order valence-corrected chi connectivity index (χ4v) is 7.27. The zero-order chi connectivity index (χ0) is 35.1. The number of fused-ring (bicyclic) bond motifs is 1. The van der Waals surface area contributed by atoms with Gasteiger partial charge in [0, 0.05) is 0 Å². The van der Waals surface area contributed by atoms with Crippen molar-refractivity contribution in [2.75, 3.05) is 0 Å². The molecule has 1 aliphatic carbocycles.